The molecule has 0 saturated heterocycles. The van der Waals surface area contributed by atoms with Crippen LogP contribution in [0.25, 0.3) is 16.5 Å². The summed E-state index contributed by atoms with van der Waals surface area (Å²) >= 11 is 0. The van der Waals surface area contributed by atoms with Crippen LogP contribution in [0.2, 0.25) is 0 Å². The molecule has 3 nitrogen and oxygen atoms in total. The van der Waals surface area contributed by atoms with E-state index in [1.165, 1.54) is 11.1 Å². The van der Waals surface area contributed by atoms with Gasteiger partial charge >= 0.3 is 0 Å². The van der Waals surface area contributed by atoms with E-state index in [-0.39, 0.29) is 6.04 Å². The van der Waals surface area contributed by atoms with Gasteiger partial charge in [0.05, 0.1) is 0 Å². The predicted molar refractivity (Wildman–Crippen MR) is 65.8 cm³/mol. The third kappa shape index (κ3) is 2.88. The van der Waals surface area contributed by atoms with Crippen LogP contribution in [0.1, 0.15) is 31.2 Å². The van der Waals surface area contributed by atoms with Gasteiger partial charge in [-0.2, -0.15) is 0 Å². The predicted octanol–water partition coefficient (Wildman–Crippen LogP) is 4.32. The largest absolute Gasteiger partial charge is 0.0903 e. The molecule has 1 fully saturated rings. The smallest absolute Gasteiger partial charge is 0.0411 e. The zero-order chi connectivity index (χ0) is 11.2. The van der Waals surface area contributed by atoms with Crippen molar-refractivity contribution in [2.75, 3.05) is 0 Å². The van der Waals surface area contributed by atoms with Crippen molar-refractivity contribution in [1.29, 1.82) is 0 Å². The van der Waals surface area contributed by atoms with E-state index >= 15 is 0 Å². The standard InChI is InChI=1S/C13H15N3/c14-16-15-13-8-4-7-12(10-13)9-11-5-2-1-3-6-11/h1-3,5-6,9,13H,4,7-8,10H2. The van der Waals surface area contributed by atoms with Gasteiger partial charge in [0, 0.05) is 11.0 Å². The minimum Gasteiger partial charge on any atom is -0.0903 e. The number of nitrogens with zero attached hydrogens (tertiary/aromatic N) is 3. The van der Waals surface area contributed by atoms with E-state index in [4.69, 9.17) is 5.53 Å². The molecule has 0 radical (unpaired) electrons. The lowest BCUT2D eigenvalue weighted by molar-refractivity contribution is 0.518. The number of benzene rings is 1. The van der Waals surface area contributed by atoms with Crippen LogP contribution in [0.15, 0.2) is 41.0 Å². The van der Waals surface area contributed by atoms with Gasteiger partial charge < -0.3 is 0 Å². The average Bonchev–Trinajstić information content (AvgIpc) is 2.31. The molecule has 0 heterocycles. The van der Waals surface area contributed by atoms with Crippen LogP contribution in [0.3, 0.4) is 0 Å². The summed E-state index contributed by atoms with van der Waals surface area (Å²) in [6.07, 6.45) is 6.42. The van der Waals surface area contributed by atoms with Crippen molar-refractivity contribution >= 4 is 6.08 Å². The first kappa shape index (κ1) is 10.8. The molecule has 1 aliphatic carbocycles. The van der Waals surface area contributed by atoms with E-state index in [0.717, 1.165) is 25.7 Å². The molecule has 0 aliphatic heterocycles. The van der Waals surface area contributed by atoms with Gasteiger partial charge in [-0.1, -0.05) is 47.1 Å². The molecule has 1 aliphatic rings. The molecular weight excluding hydrogens is 198 g/mol. The van der Waals surface area contributed by atoms with Gasteiger partial charge in [0.15, 0.2) is 0 Å². The number of azide groups is 1. The Kier molecular flexibility index (Phi) is 3.62. The van der Waals surface area contributed by atoms with Crippen molar-refractivity contribution in [3.63, 3.8) is 0 Å². The van der Waals surface area contributed by atoms with E-state index < -0.39 is 0 Å². The average molecular weight is 213 g/mol. The molecule has 1 unspecified atom stereocenters. The Morgan fingerprint density at radius 2 is 2.12 bits per heavy atom. The highest BCUT2D eigenvalue weighted by molar-refractivity contribution is 5.53. The van der Waals surface area contributed by atoms with Crippen LogP contribution in [-0.2, 0) is 0 Å². The van der Waals surface area contributed by atoms with Crippen LogP contribution in [0.5, 0.6) is 0 Å². The summed E-state index contributed by atoms with van der Waals surface area (Å²) in [6.45, 7) is 0. The van der Waals surface area contributed by atoms with Crippen LogP contribution in [-0.4, -0.2) is 6.04 Å². The topological polar surface area (TPSA) is 48.8 Å². The Morgan fingerprint density at radius 3 is 2.88 bits per heavy atom. The lowest BCUT2D eigenvalue weighted by Crippen LogP contribution is -2.10. The molecule has 82 valence electrons. The monoisotopic (exact) mass is 213 g/mol. The van der Waals surface area contributed by atoms with Crippen molar-refractivity contribution < 1.29 is 0 Å². The zero-order valence-electron chi connectivity index (χ0n) is 9.21. The second kappa shape index (κ2) is 5.38. The number of hydrogen-bond donors (Lipinski definition) is 0. The van der Waals surface area contributed by atoms with Gasteiger partial charge in [-0.15, -0.1) is 0 Å². The molecule has 0 amide bonds. The van der Waals surface area contributed by atoms with Crippen molar-refractivity contribution in [2.24, 2.45) is 5.11 Å². The zero-order valence-corrected chi connectivity index (χ0v) is 9.21. The second-order valence-corrected chi connectivity index (χ2v) is 4.17. The van der Waals surface area contributed by atoms with Crippen molar-refractivity contribution in [2.45, 2.75) is 31.7 Å². The number of hydrogen-bond acceptors (Lipinski definition) is 1. The molecule has 1 aromatic rings. The molecule has 0 bridgehead atoms. The fraction of sp³-hybridized carbons (Fsp3) is 0.385. The number of rotatable bonds is 2. The summed E-state index contributed by atoms with van der Waals surface area (Å²) in [7, 11) is 0. The van der Waals surface area contributed by atoms with Gasteiger partial charge in [0.2, 0.25) is 0 Å². The van der Waals surface area contributed by atoms with E-state index in [1.54, 1.807) is 0 Å². The Labute approximate surface area is 95.4 Å². The Hall–Kier alpha value is -1.73. The lowest BCUT2D eigenvalue weighted by atomic mass is 9.90. The van der Waals surface area contributed by atoms with E-state index in [2.05, 4.69) is 28.2 Å². The van der Waals surface area contributed by atoms with E-state index in [0.29, 0.717) is 0 Å². The molecule has 1 saturated carbocycles. The SMILES string of the molecule is [N-]=[N+]=NC1CCCC(=Cc2ccccc2)C1. The summed E-state index contributed by atoms with van der Waals surface area (Å²) in [5.74, 6) is 0. The summed E-state index contributed by atoms with van der Waals surface area (Å²) in [5.41, 5.74) is 11.1. The van der Waals surface area contributed by atoms with Crippen LogP contribution >= 0.6 is 0 Å². The Bertz CT molecular complexity index is 416. The minimum atomic E-state index is 0.161. The van der Waals surface area contributed by atoms with Crippen molar-refractivity contribution in [3.8, 4) is 0 Å². The fourth-order valence-corrected chi connectivity index (χ4v) is 2.16. The highest BCUT2D eigenvalue weighted by atomic mass is 15.1. The highest BCUT2D eigenvalue weighted by Crippen LogP contribution is 2.27. The molecule has 16 heavy (non-hydrogen) atoms. The fourth-order valence-electron chi connectivity index (χ4n) is 2.16. The molecule has 2 rings (SSSR count). The van der Waals surface area contributed by atoms with Gasteiger partial charge in [-0.3, -0.25) is 0 Å². The third-order valence-electron chi connectivity index (χ3n) is 2.92. The summed E-state index contributed by atoms with van der Waals surface area (Å²) in [4.78, 5) is 2.90. The van der Waals surface area contributed by atoms with E-state index in [1.807, 2.05) is 18.2 Å². The molecule has 1 atom stereocenters. The first-order valence-electron chi connectivity index (χ1n) is 5.67. The molecule has 0 aromatic heterocycles. The second-order valence-electron chi connectivity index (χ2n) is 4.17. The maximum atomic E-state index is 8.43. The Morgan fingerprint density at radius 1 is 1.31 bits per heavy atom. The van der Waals surface area contributed by atoms with Crippen molar-refractivity contribution in [3.05, 3.63) is 51.9 Å². The molecular formula is C13H15N3. The first-order chi connectivity index (χ1) is 7.88. The third-order valence-corrected chi connectivity index (χ3v) is 2.92. The van der Waals surface area contributed by atoms with Gasteiger partial charge in [0.1, 0.15) is 0 Å². The quantitative estimate of drug-likeness (QED) is 0.399. The highest BCUT2D eigenvalue weighted by Gasteiger charge is 2.15. The normalized spacial score (nSPS) is 22.8. The maximum Gasteiger partial charge on any atom is 0.0411 e. The van der Waals surface area contributed by atoms with Gasteiger partial charge in [0.25, 0.3) is 0 Å². The lowest BCUT2D eigenvalue weighted by Gasteiger charge is -2.20. The molecule has 3 heteroatoms. The van der Waals surface area contributed by atoms with Gasteiger partial charge in [-0.05, 0) is 36.8 Å². The summed E-state index contributed by atoms with van der Waals surface area (Å²) < 4.78 is 0. The van der Waals surface area contributed by atoms with Crippen LogP contribution < -0.4 is 0 Å². The van der Waals surface area contributed by atoms with Gasteiger partial charge in [-0.25, -0.2) is 0 Å². The summed E-state index contributed by atoms with van der Waals surface area (Å²) in [5, 5.41) is 3.82. The minimum absolute atomic E-state index is 0.161. The van der Waals surface area contributed by atoms with Crippen LogP contribution in [0.4, 0.5) is 0 Å². The first-order valence-corrected chi connectivity index (χ1v) is 5.67. The van der Waals surface area contributed by atoms with Crippen molar-refractivity contribution in [1.82, 2.24) is 0 Å². The summed E-state index contributed by atoms with van der Waals surface area (Å²) in [6, 6.07) is 10.5. The molecule has 1 aromatic carbocycles. The maximum absolute atomic E-state index is 8.43. The van der Waals surface area contributed by atoms with Crippen LogP contribution in [0, 0.1) is 0 Å². The molecule has 0 spiro atoms. The van der Waals surface area contributed by atoms with E-state index in [9.17, 15) is 0 Å². The molecule has 0 N–H and O–H groups in total. The Balaban J connectivity index is 2.09.